The number of hydrogen-bond acceptors (Lipinski definition) is 4. The molecule has 2 heterocycles. The Morgan fingerprint density at radius 3 is 2.79 bits per heavy atom. The molecule has 152 valence electrons. The van der Waals surface area contributed by atoms with E-state index in [4.69, 9.17) is 14.5 Å². The highest BCUT2D eigenvalue weighted by Crippen LogP contribution is 2.32. The highest BCUT2D eigenvalue weighted by Gasteiger charge is 2.15. The molecule has 1 aliphatic heterocycles. The van der Waals surface area contributed by atoms with Gasteiger partial charge in [0.2, 0.25) is 6.79 Å². The van der Waals surface area contributed by atoms with Crippen molar-refractivity contribution in [2.24, 2.45) is 12.0 Å². The number of nitrogens with zero attached hydrogens (tertiary/aromatic N) is 3. The number of ether oxygens (including phenoxy) is 2. The molecule has 7 nitrogen and oxygen atoms in total. The summed E-state index contributed by atoms with van der Waals surface area (Å²) in [4.78, 5) is 4.74. The molecule has 0 saturated heterocycles. The predicted octanol–water partition coefficient (Wildman–Crippen LogP) is 2.49. The molecular formula is C21H31N5O2. The van der Waals surface area contributed by atoms with Crippen LogP contribution in [0.3, 0.4) is 0 Å². The number of aryl methyl sites for hydroxylation is 2. The van der Waals surface area contributed by atoms with Gasteiger partial charge in [-0.3, -0.25) is 9.67 Å². The number of aromatic nitrogens is 2. The summed E-state index contributed by atoms with van der Waals surface area (Å²) >= 11 is 0. The Labute approximate surface area is 167 Å². The normalized spacial score (nSPS) is 14.2. The summed E-state index contributed by atoms with van der Waals surface area (Å²) in [5, 5.41) is 11.4. The molecule has 0 amide bonds. The van der Waals surface area contributed by atoms with Crippen LogP contribution < -0.4 is 20.1 Å². The third kappa shape index (κ3) is 4.77. The maximum atomic E-state index is 5.45. The van der Waals surface area contributed by atoms with Crippen molar-refractivity contribution in [2.75, 3.05) is 19.9 Å². The first kappa shape index (κ1) is 20.0. The molecule has 0 saturated carbocycles. The first-order chi connectivity index (χ1) is 13.5. The van der Waals surface area contributed by atoms with Crippen LogP contribution in [0.1, 0.15) is 36.4 Å². The fourth-order valence-corrected chi connectivity index (χ4v) is 3.42. The van der Waals surface area contributed by atoms with Gasteiger partial charge >= 0.3 is 0 Å². The van der Waals surface area contributed by atoms with E-state index >= 15 is 0 Å². The Morgan fingerprint density at radius 1 is 1.29 bits per heavy atom. The lowest BCUT2D eigenvalue weighted by atomic mass is 10.1. The van der Waals surface area contributed by atoms with Gasteiger partial charge in [0, 0.05) is 31.9 Å². The van der Waals surface area contributed by atoms with Crippen molar-refractivity contribution in [3.05, 3.63) is 40.7 Å². The average molecular weight is 386 g/mol. The molecule has 0 spiro atoms. The summed E-state index contributed by atoms with van der Waals surface area (Å²) in [5.41, 5.74) is 4.81. The third-order valence-electron chi connectivity index (χ3n) is 5.00. The van der Waals surface area contributed by atoms with E-state index in [-0.39, 0.29) is 6.04 Å². The lowest BCUT2D eigenvalue weighted by Gasteiger charge is -2.18. The van der Waals surface area contributed by atoms with Gasteiger partial charge in [-0.1, -0.05) is 6.07 Å². The predicted molar refractivity (Wildman–Crippen MR) is 111 cm³/mol. The minimum atomic E-state index is 0.255. The standard InChI is InChI=1S/C21H31N5O2/c1-6-22-21(24-14(2)11-18-15(3)25-26(5)16(18)4)23-10-9-17-7-8-19-20(12-17)28-13-27-19/h7-8,12,14H,6,9-11,13H2,1-5H3,(H2,22,23,24). The lowest BCUT2D eigenvalue weighted by molar-refractivity contribution is 0.174. The van der Waals surface area contributed by atoms with Gasteiger partial charge in [-0.2, -0.15) is 5.10 Å². The number of rotatable bonds is 7. The van der Waals surface area contributed by atoms with Crippen LogP contribution in [0.5, 0.6) is 11.5 Å². The molecule has 0 aliphatic carbocycles. The maximum absolute atomic E-state index is 5.45. The zero-order valence-electron chi connectivity index (χ0n) is 17.5. The summed E-state index contributed by atoms with van der Waals surface area (Å²) in [5.74, 6) is 2.48. The number of benzene rings is 1. The van der Waals surface area contributed by atoms with E-state index in [0.717, 1.165) is 42.5 Å². The Balaban J connectivity index is 1.57. The Morgan fingerprint density at radius 2 is 2.07 bits per heavy atom. The molecule has 1 aromatic carbocycles. The van der Waals surface area contributed by atoms with Crippen LogP contribution in [0.25, 0.3) is 0 Å². The van der Waals surface area contributed by atoms with Crippen molar-refractivity contribution in [1.82, 2.24) is 20.4 Å². The molecule has 7 heteroatoms. The SMILES string of the molecule is CCNC(=NCCc1ccc2c(c1)OCO2)NC(C)Cc1c(C)nn(C)c1C. The third-order valence-corrected chi connectivity index (χ3v) is 5.00. The molecule has 2 N–H and O–H groups in total. The van der Waals surface area contributed by atoms with E-state index in [2.05, 4.69) is 49.5 Å². The van der Waals surface area contributed by atoms with Gasteiger partial charge in [0.05, 0.1) is 5.69 Å². The first-order valence-electron chi connectivity index (χ1n) is 9.90. The zero-order chi connectivity index (χ0) is 20.1. The van der Waals surface area contributed by atoms with E-state index in [9.17, 15) is 0 Å². The number of aliphatic imine (C=N–C) groups is 1. The van der Waals surface area contributed by atoms with Crippen molar-refractivity contribution < 1.29 is 9.47 Å². The number of fused-ring (bicyclic) bond motifs is 1. The summed E-state index contributed by atoms with van der Waals surface area (Å²) in [6.45, 7) is 10.3. The van der Waals surface area contributed by atoms with Crippen molar-refractivity contribution in [3.8, 4) is 11.5 Å². The molecule has 1 aromatic heterocycles. The summed E-state index contributed by atoms with van der Waals surface area (Å²) in [7, 11) is 1.99. The molecule has 0 bridgehead atoms. The molecule has 1 atom stereocenters. The minimum absolute atomic E-state index is 0.255. The topological polar surface area (TPSA) is 72.7 Å². The molecule has 28 heavy (non-hydrogen) atoms. The summed E-state index contributed by atoms with van der Waals surface area (Å²) in [6, 6.07) is 6.32. The van der Waals surface area contributed by atoms with Crippen molar-refractivity contribution in [2.45, 2.75) is 46.6 Å². The van der Waals surface area contributed by atoms with Crippen molar-refractivity contribution in [3.63, 3.8) is 0 Å². The second kappa shape index (κ2) is 8.99. The fraction of sp³-hybridized carbons (Fsp3) is 0.524. The van der Waals surface area contributed by atoms with E-state index in [1.807, 2.05) is 23.9 Å². The molecule has 1 aliphatic rings. The van der Waals surface area contributed by atoms with Crippen LogP contribution in [0.15, 0.2) is 23.2 Å². The van der Waals surface area contributed by atoms with Crippen LogP contribution >= 0.6 is 0 Å². The van der Waals surface area contributed by atoms with Crippen LogP contribution in [0.4, 0.5) is 0 Å². The summed E-state index contributed by atoms with van der Waals surface area (Å²) < 4.78 is 12.8. The van der Waals surface area contributed by atoms with E-state index in [1.165, 1.54) is 16.8 Å². The van der Waals surface area contributed by atoms with Crippen LogP contribution in [0.2, 0.25) is 0 Å². The first-order valence-corrected chi connectivity index (χ1v) is 9.90. The van der Waals surface area contributed by atoms with Crippen LogP contribution in [0, 0.1) is 13.8 Å². The van der Waals surface area contributed by atoms with Gasteiger partial charge in [0.25, 0.3) is 0 Å². The Bertz CT molecular complexity index is 844. The zero-order valence-corrected chi connectivity index (χ0v) is 17.5. The quantitative estimate of drug-likeness (QED) is 0.566. The number of guanidine groups is 1. The fourth-order valence-electron chi connectivity index (χ4n) is 3.42. The second-order valence-electron chi connectivity index (χ2n) is 7.22. The molecule has 1 unspecified atom stereocenters. The largest absolute Gasteiger partial charge is 0.454 e. The van der Waals surface area contributed by atoms with Gasteiger partial charge in [-0.15, -0.1) is 0 Å². The van der Waals surface area contributed by atoms with E-state index in [0.29, 0.717) is 13.3 Å². The molecule has 0 fully saturated rings. The van der Waals surface area contributed by atoms with Gasteiger partial charge in [-0.05, 0) is 63.8 Å². The van der Waals surface area contributed by atoms with Gasteiger partial charge < -0.3 is 20.1 Å². The molecule has 3 rings (SSSR count). The number of hydrogen-bond donors (Lipinski definition) is 2. The van der Waals surface area contributed by atoms with Gasteiger partial charge in [-0.25, -0.2) is 0 Å². The van der Waals surface area contributed by atoms with Crippen molar-refractivity contribution in [1.29, 1.82) is 0 Å². The monoisotopic (exact) mass is 385 g/mol. The highest BCUT2D eigenvalue weighted by atomic mass is 16.7. The summed E-state index contributed by atoms with van der Waals surface area (Å²) in [6.07, 6.45) is 1.76. The molecule has 2 aromatic rings. The lowest BCUT2D eigenvalue weighted by Crippen LogP contribution is -2.43. The number of nitrogens with one attached hydrogen (secondary N) is 2. The highest BCUT2D eigenvalue weighted by molar-refractivity contribution is 5.80. The second-order valence-corrected chi connectivity index (χ2v) is 7.22. The van der Waals surface area contributed by atoms with E-state index < -0.39 is 0 Å². The minimum Gasteiger partial charge on any atom is -0.454 e. The van der Waals surface area contributed by atoms with E-state index in [1.54, 1.807) is 0 Å². The molecular weight excluding hydrogens is 354 g/mol. The van der Waals surface area contributed by atoms with Crippen LogP contribution in [-0.2, 0) is 19.9 Å². The maximum Gasteiger partial charge on any atom is 0.231 e. The smallest absolute Gasteiger partial charge is 0.231 e. The van der Waals surface area contributed by atoms with Gasteiger partial charge in [0.1, 0.15) is 0 Å². The molecule has 0 radical (unpaired) electrons. The Kier molecular flexibility index (Phi) is 6.44. The Hall–Kier alpha value is -2.70. The van der Waals surface area contributed by atoms with Crippen molar-refractivity contribution >= 4 is 5.96 Å². The van der Waals surface area contributed by atoms with Gasteiger partial charge in [0.15, 0.2) is 17.5 Å². The average Bonchev–Trinajstić information content (AvgIpc) is 3.21. The van der Waals surface area contributed by atoms with Crippen LogP contribution in [-0.4, -0.2) is 41.7 Å².